The van der Waals surface area contributed by atoms with Gasteiger partial charge >= 0.3 is 12.4 Å². The van der Waals surface area contributed by atoms with E-state index in [4.69, 9.17) is 9.84 Å². The number of hydrogen-bond acceptors (Lipinski definition) is 4. The molecule has 0 spiro atoms. The smallest absolute Gasteiger partial charge is 0.375 e. The second-order valence-corrected chi connectivity index (χ2v) is 5.17. The Morgan fingerprint density at radius 3 is 2.58 bits per heavy atom. The lowest BCUT2D eigenvalue weighted by Crippen LogP contribution is -2.19. The van der Waals surface area contributed by atoms with Gasteiger partial charge in [0.2, 0.25) is 0 Å². The summed E-state index contributed by atoms with van der Waals surface area (Å²) in [6.45, 7) is 0. The molecule has 134 valence electrons. The fourth-order valence-corrected chi connectivity index (χ4v) is 2.28. The molecule has 1 atom stereocenters. The molecule has 1 heterocycles. The monoisotopic (exact) mass is 363 g/mol. The number of para-hydroxylation sites is 1. The van der Waals surface area contributed by atoms with Crippen molar-refractivity contribution in [2.45, 2.75) is 12.8 Å². The molecule has 0 aliphatic carbocycles. The van der Waals surface area contributed by atoms with Crippen molar-refractivity contribution in [3.63, 3.8) is 0 Å². The molecule has 0 saturated carbocycles. The van der Waals surface area contributed by atoms with E-state index in [9.17, 15) is 18.0 Å². The second kappa shape index (κ2) is 7.26. The molecule has 0 saturated heterocycles. The summed E-state index contributed by atoms with van der Waals surface area (Å²) in [6.07, 6.45) is -4.77. The summed E-state index contributed by atoms with van der Waals surface area (Å²) in [5.74, 6) is -1.67. The maximum absolute atomic E-state index is 13.3. The summed E-state index contributed by atoms with van der Waals surface area (Å²) in [5.41, 5.74) is 1.44. The average Bonchev–Trinajstić information content (AvgIpc) is 3.13. The van der Waals surface area contributed by atoms with Gasteiger partial charge in [-0.25, -0.2) is 23.2 Å². The highest BCUT2D eigenvalue weighted by molar-refractivity contribution is 5.82. The highest BCUT2D eigenvalue weighted by atomic mass is 19.3. The molecule has 1 unspecified atom stereocenters. The van der Waals surface area contributed by atoms with Gasteiger partial charge in [0.1, 0.15) is 12.1 Å². The van der Waals surface area contributed by atoms with E-state index in [1.165, 1.54) is 23.1 Å². The van der Waals surface area contributed by atoms with Gasteiger partial charge in [-0.1, -0.05) is 30.3 Å². The normalized spacial score (nSPS) is 12.2. The Labute approximate surface area is 145 Å². The summed E-state index contributed by atoms with van der Waals surface area (Å²) in [7, 11) is 0. The lowest BCUT2D eigenvalue weighted by Gasteiger charge is -2.14. The van der Waals surface area contributed by atoms with E-state index in [1.54, 1.807) is 36.4 Å². The maximum atomic E-state index is 13.3. The molecule has 0 bridgehead atoms. The van der Waals surface area contributed by atoms with Gasteiger partial charge in [-0.15, -0.1) is 5.10 Å². The zero-order valence-electron chi connectivity index (χ0n) is 13.1. The molecule has 26 heavy (non-hydrogen) atoms. The van der Waals surface area contributed by atoms with E-state index in [0.717, 1.165) is 0 Å². The molecule has 3 rings (SSSR count). The van der Waals surface area contributed by atoms with Crippen LogP contribution in [0.3, 0.4) is 0 Å². The van der Waals surface area contributed by atoms with Crippen LogP contribution in [0.25, 0.3) is 16.8 Å². The number of alkyl halides is 3. The molecular weight excluding hydrogens is 351 g/mol. The van der Waals surface area contributed by atoms with Crippen LogP contribution >= 0.6 is 0 Å². The first kappa shape index (κ1) is 17.5. The predicted molar refractivity (Wildman–Crippen MR) is 85.3 cm³/mol. The molecule has 1 N–H and O–H groups in total. The molecule has 6 nitrogen and oxygen atoms in total. The lowest BCUT2D eigenvalue weighted by molar-refractivity contribution is -0.0666. The standard InChI is InChI=1S/C17H12F3N3O3/c18-14(19)15(20)26-13-7-2-1-6-12(13)10-4-3-5-11(8-10)23-9-21-16(22-23)17(24)25/h1-9,14-15H,(H,24,25). The van der Waals surface area contributed by atoms with Crippen LogP contribution in [0.5, 0.6) is 5.75 Å². The van der Waals surface area contributed by atoms with Crippen molar-refractivity contribution in [1.82, 2.24) is 14.8 Å². The maximum Gasteiger partial charge on any atom is 0.375 e. The van der Waals surface area contributed by atoms with Gasteiger partial charge < -0.3 is 9.84 Å². The van der Waals surface area contributed by atoms with Crippen molar-refractivity contribution in [2.75, 3.05) is 0 Å². The van der Waals surface area contributed by atoms with E-state index in [-0.39, 0.29) is 11.6 Å². The Morgan fingerprint density at radius 1 is 1.12 bits per heavy atom. The van der Waals surface area contributed by atoms with Crippen molar-refractivity contribution in [3.05, 3.63) is 60.7 Å². The number of carboxylic acid groups (broad SMARTS) is 1. The Morgan fingerprint density at radius 2 is 1.88 bits per heavy atom. The fraction of sp³-hybridized carbons (Fsp3) is 0.118. The number of aromatic carboxylic acids is 1. The number of aromatic nitrogens is 3. The molecule has 9 heteroatoms. The molecule has 0 aliphatic rings. The van der Waals surface area contributed by atoms with E-state index < -0.39 is 18.8 Å². The van der Waals surface area contributed by atoms with Gasteiger partial charge in [0, 0.05) is 5.56 Å². The summed E-state index contributed by atoms with van der Waals surface area (Å²) >= 11 is 0. The SMILES string of the molecule is O=C(O)c1ncn(-c2cccc(-c3ccccc3OC(F)C(F)F)c2)n1. The van der Waals surface area contributed by atoms with Gasteiger partial charge in [0.15, 0.2) is 0 Å². The number of carbonyl (C=O) groups is 1. The lowest BCUT2D eigenvalue weighted by atomic mass is 10.0. The highest BCUT2D eigenvalue weighted by Gasteiger charge is 2.22. The number of rotatable bonds is 6. The number of halogens is 3. The summed E-state index contributed by atoms with van der Waals surface area (Å²) < 4.78 is 44.1. The fourth-order valence-electron chi connectivity index (χ4n) is 2.28. The van der Waals surface area contributed by atoms with Crippen LogP contribution < -0.4 is 4.74 Å². The predicted octanol–water partition coefficient (Wildman–Crippen LogP) is 3.57. The third-order valence-corrected chi connectivity index (χ3v) is 3.43. The van der Waals surface area contributed by atoms with Gasteiger partial charge in [-0.2, -0.15) is 4.39 Å². The van der Waals surface area contributed by atoms with E-state index in [0.29, 0.717) is 16.8 Å². The van der Waals surface area contributed by atoms with Crippen molar-refractivity contribution in [3.8, 4) is 22.6 Å². The first-order valence-corrected chi connectivity index (χ1v) is 7.39. The molecule has 0 radical (unpaired) electrons. The van der Waals surface area contributed by atoms with Gasteiger partial charge in [-0.3, -0.25) is 0 Å². The minimum Gasteiger partial charge on any atom is -0.475 e. The quantitative estimate of drug-likeness (QED) is 0.724. The van der Waals surface area contributed by atoms with Gasteiger partial charge in [0.25, 0.3) is 12.2 Å². The van der Waals surface area contributed by atoms with E-state index in [1.807, 2.05) is 0 Å². The Bertz CT molecular complexity index is 930. The Kier molecular flexibility index (Phi) is 4.87. The van der Waals surface area contributed by atoms with Gasteiger partial charge in [-0.05, 0) is 23.8 Å². The van der Waals surface area contributed by atoms with Crippen LogP contribution in [0.4, 0.5) is 13.2 Å². The zero-order valence-corrected chi connectivity index (χ0v) is 13.1. The van der Waals surface area contributed by atoms with Crippen LogP contribution in [0.1, 0.15) is 10.6 Å². The number of benzene rings is 2. The number of hydrogen-bond donors (Lipinski definition) is 1. The number of ether oxygens (including phenoxy) is 1. The first-order chi connectivity index (χ1) is 12.5. The van der Waals surface area contributed by atoms with Crippen molar-refractivity contribution in [2.24, 2.45) is 0 Å². The third kappa shape index (κ3) is 3.66. The van der Waals surface area contributed by atoms with E-state index in [2.05, 4.69) is 10.1 Å². The average molecular weight is 363 g/mol. The van der Waals surface area contributed by atoms with Crippen LogP contribution in [0.2, 0.25) is 0 Å². The minimum absolute atomic E-state index is 0.0396. The van der Waals surface area contributed by atoms with Crippen LogP contribution in [0, 0.1) is 0 Å². The summed E-state index contributed by atoms with van der Waals surface area (Å²) in [4.78, 5) is 14.6. The minimum atomic E-state index is -3.26. The topological polar surface area (TPSA) is 77.2 Å². The highest BCUT2D eigenvalue weighted by Crippen LogP contribution is 2.32. The molecule has 0 amide bonds. The second-order valence-electron chi connectivity index (χ2n) is 5.17. The molecule has 2 aromatic carbocycles. The van der Waals surface area contributed by atoms with Crippen molar-refractivity contribution in [1.29, 1.82) is 0 Å². The van der Waals surface area contributed by atoms with Crippen molar-refractivity contribution >= 4 is 5.97 Å². The molecule has 0 fully saturated rings. The third-order valence-electron chi connectivity index (χ3n) is 3.43. The number of nitrogens with zero attached hydrogens (tertiary/aromatic N) is 3. The summed E-state index contributed by atoms with van der Waals surface area (Å²) in [6, 6.07) is 12.8. The van der Waals surface area contributed by atoms with E-state index >= 15 is 0 Å². The number of carboxylic acids is 1. The molecular formula is C17H12F3N3O3. The zero-order chi connectivity index (χ0) is 18.7. The van der Waals surface area contributed by atoms with Crippen LogP contribution in [-0.2, 0) is 0 Å². The van der Waals surface area contributed by atoms with Crippen molar-refractivity contribution < 1.29 is 27.8 Å². The Hall–Kier alpha value is -3.36. The van der Waals surface area contributed by atoms with Crippen LogP contribution in [0.15, 0.2) is 54.9 Å². The largest absolute Gasteiger partial charge is 0.475 e. The summed E-state index contributed by atoms with van der Waals surface area (Å²) in [5, 5.41) is 12.7. The molecule has 3 aromatic rings. The Balaban J connectivity index is 1.97. The molecule has 0 aliphatic heterocycles. The molecule has 1 aromatic heterocycles. The first-order valence-electron chi connectivity index (χ1n) is 7.39. The van der Waals surface area contributed by atoms with Crippen LogP contribution in [-0.4, -0.2) is 38.6 Å². The van der Waals surface area contributed by atoms with Gasteiger partial charge in [0.05, 0.1) is 5.69 Å².